The van der Waals surface area contributed by atoms with Gasteiger partial charge in [0.05, 0.1) is 19.8 Å². The maximum Gasteiger partial charge on any atom is 0.191 e. The molecule has 1 unspecified atom stereocenters. The summed E-state index contributed by atoms with van der Waals surface area (Å²) in [6, 6.07) is 8.14. The second kappa shape index (κ2) is 10.2. The third-order valence-electron chi connectivity index (χ3n) is 3.85. The van der Waals surface area contributed by atoms with Crippen molar-refractivity contribution >= 4 is 5.96 Å². The Balaban J connectivity index is 2.57. The molecule has 0 aromatic heterocycles. The van der Waals surface area contributed by atoms with E-state index in [4.69, 9.17) is 9.47 Å². The smallest absolute Gasteiger partial charge is 0.191 e. The molecule has 1 atom stereocenters. The molecule has 2 N–H and O–H groups in total. The summed E-state index contributed by atoms with van der Waals surface area (Å²) in [7, 11) is 3.43. The van der Waals surface area contributed by atoms with E-state index in [-0.39, 0.29) is 11.5 Å². The molecule has 0 aliphatic rings. The molecule has 0 radical (unpaired) electrons. The Morgan fingerprint density at radius 3 is 2.54 bits per heavy atom. The molecular weight excluding hydrogens is 302 g/mol. The van der Waals surface area contributed by atoms with E-state index in [9.17, 15) is 0 Å². The van der Waals surface area contributed by atoms with Crippen molar-refractivity contribution in [2.24, 2.45) is 10.4 Å². The first-order valence-corrected chi connectivity index (χ1v) is 8.58. The molecule has 1 rings (SSSR count). The predicted molar refractivity (Wildman–Crippen MR) is 101 cm³/mol. The average molecular weight is 335 g/mol. The molecule has 0 amide bonds. The normalized spacial score (nSPS) is 13.5. The summed E-state index contributed by atoms with van der Waals surface area (Å²) in [4.78, 5) is 4.66. The van der Waals surface area contributed by atoms with Crippen LogP contribution in [0, 0.1) is 5.41 Å². The molecule has 1 aromatic carbocycles. The van der Waals surface area contributed by atoms with Gasteiger partial charge in [0.1, 0.15) is 5.75 Å². The highest BCUT2D eigenvalue weighted by Gasteiger charge is 2.24. The first-order chi connectivity index (χ1) is 11.4. The molecule has 0 aliphatic carbocycles. The molecule has 5 heteroatoms. The number of ether oxygens (including phenoxy) is 2. The number of hydrogen-bond acceptors (Lipinski definition) is 3. The minimum absolute atomic E-state index is 0.0656. The van der Waals surface area contributed by atoms with Crippen molar-refractivity contribution in [2.75, 3.05) is 33.9 Å². The SMILES string of the molecule is CCNC(=NCC(OC)C(C)(C)C)NCCc1cccc(OC)c1. The van der Waals surface area contributed by atoms with Gasteiger partial charge in [0.15, 0.2) is 5.96 Å². The van der Waals surface area contributed by atoms with Crippen molar-refractivity contribution in [3.8, 4) is 5.75 Å². The Morgan fingerprint density at radius 1 is 1.21 bits per heavy atom. The highest BCUT2D eigenvalue weighted by Crippen LogP contribution is 2.21. The van der Waals surface area contributed by atoms with Gasteiger partial charge in [0, 0.05) is 20.2 Å². The summed E-state index contributed by atoms with van der Waals surface area (Å²) >= 11 is 0. The highest BCUT2D eigenvalue weighted by molar-refractivity contribution is 5.79. The van der Waals surface area contributed by atoms with Gasteiger partial charge >= 0.3 is 0 Å². The van der Waals surface area contributed by atoms with Gasteiger partial charge < -0.3 is 20.1 Å². The van der Waals surface area contributed by atoms with Crippen LogP contribution in [0.2, 0.25) is 0 Å². The monoisotopic (exact) mass is 335 g/mol. The van der Waals surface area contributed by atoms with Crippen molar-refractivity contribution in [3.05, 3.63) is 29.8 Å². The van der Waals surface area contributed by atoms with E-state index in [0.29, 0.717) is 6.54 Å². The largest absolute Gasteiger partial charge is 0.497 e. The van der Waals surface area contributed by atoms with Crippen LogP contribution < -0.4 is 15.4 Å². The topological polar surface area (TPSA) is 54.9 Å². The van der Waals surface area contributed by atoms with Crippen LogP contribution in [0.25, 0.3) is 0 Å². The van der Waals surface area contributed by atoms with Crippen molar-refractivity contribution in [2.45, 2.75) is 40.2 Å². The van der Waals surface area contributed by atoms with E-state index >= 15 is 0 Å². The molecule has 0 spiro atoms. The Morgan fingerprint density at radius 2 is 1.96 bits per heavy atom. The van der Waals surface area contributed by atoms with Gasteiger partial charge in [-0.05, 0) is 36.5 Å². The summed E-state index contributed by atoms with van der Waals surface area (Å²) in [5, 5.41) is 6.66. The van der Waals surface area contributed by atoms with Gasteiger partial charge in [-0.25, -0.2) is 0 Å². The Kier molecular flexibility index (Phi) is 8.61. The fourth-order valence-electron chi connectivity index (χ4n) is 2.37. The van der Waals surface area contributed by atoms with E-state index in [1.165, 1.54) is 5.56 Å². The van der Waals surface area contributed by atoms with Crippen molar-refractivity contribution in [1.29, 1.82) is 0 Å². The van der Waals surface area contributed by atoms with Crippen LogP contribution in [0.4, 0.5) is 0 Å². The van der Waals surface area contributed by atoms with Gasteiger partial charge in [0.2, 0.25) is 0 Å². The number of rotatable bonds is 8. The Bertz CT molecular complexity index is 510. The lowest BCUT2D eigenvalue weighted by molar-refractivity contribution is 0.0241. The lowest BCUT2D eigenvalue weighted by atomic mass is 9.89. The maximum absolute atomic E-state index is 5.57. The first kappa shape index (κ1) is 20.3. The first-order valence-electron chi connectivity index (χ1n) is 8.58. The predicted octanol–water partition coefficient (Wildman–Crippen LogP) is 2.85. The molecule has 5 nitrogen and oxygen atoms in total. The molecule has 136 valence electrons. The number of hydrogen-bond donors (Lipinski definition) is 2. The maximum atomic E-state index is 5.57. The third-order valence-corrected chi connectivity index (χ3v) is 3.85. The summed E-state index contributed by atoms with van der Waals surface area (Å²) < 4.78 is 10.8. The standard InChI is InChI=1S/C19H33N3O2/c1-7-20-18(22-14-17(24-6)19(2,3)4)21-12-11-15-9-8-10-16(13-15)23-5/h8-10,13,17H,7,11-12,14H2,1-6H3,(H2,20,21,22). The van der Waals surface area contributed by atoms with E-state index < -0.39 is 0 Å². The van der Waals surface area contributed by atoms with E-state index in [1.807, 2.05) is 12.1 Å². The summed E-state index contributed by atoms with van der Waals surface area (Å²) in [6.45, 7) is 10.8. The zero-order valence-corrected chi connectivity index (χ0v) is 16.0. The minimum atomic E-state index is 0.0656. The van der Waals surface area contributed by atoms with Crippen molar-refractivity contribution in [1.82, 2.24) is 10.6 Å². The summed E-state index contributed by atoms with van der Waals surface area (Å²) in [6.07, 6.45) is 1.00. The number of benzene rings is 1. The molecule has 1 aromatic rings. The quantitative estimate of drug-likeness (QED) is 0.567. The van der Waals surface area contributed by atoms with Gasteiger partial charge in [-0.1, -0.05) is 32.9 Å². The second-order valence-corrected chi connectivity index (χ2v) is 6.84. The number of aliphatic imine (C=N–C) groups is 1. The average Bonchev–Trinajstić information content (AvgIpc) is 2.54. The van der Waals surface area contributed by atoms with Crippen LogP contribution in [-0.4, -0.2) is 45.9 Å². The van der Waals surface area contributed by atoms with Gasteiger partial charge in [-0.3, -0.25) is 4.99 Å². The van der Waals surface area contributed by atoms with E-state index in [0.717, 1.165) is 31.2 Å². The van der Waals surface area contributed by atoms with Crippen LogP contribution in [0.3, 0.4) is 0 Å². The summed E-state index contributed by atoms with van der Waals surface area (Å²) in [5.41, 5.74) is 1.30. The molecule has 0 heterocycles. The zero-order chi connectivity index (χ0) is 18.0. The molecule has 0 saturated heterocycles. The third kappa shape index (κ3) is 7.21. The van der Waals surface area contributed by atoms with Crippen LogP contribution in [0.5, 0.6) is 5.75 Å². The van der Waals surface area contributed by atoms with Gasteiger partial charge in [-0.2, -0.15) is 0 Å². The molecule has 0 saturated carbocycles. The number of nitrogens with one attached hydrogen (secondary N) is 2. The van der Waals surface area contributed by atoms with Gasteiger partial charge in [0.25, 0.3) is 0 Å². The van der Waals surface area contributed by atoms with Crippen LogP contribution in [0.15, 0.2) is 29.3 Å². The minimum Gasteiger partial charge on any atom is -0.497 e. The van der Waals surface area contributed by atoms with Crippen LogP contribution >= 0.6 is 0 Å². The van der Waals surface area contributed by atoms with Crippen LogP contribution in [0.1, 0.15) is 33.3 Å². The molecule has 0 aliphatic heterocycles. The number of nitrogens with zero attached hydrogens (tertiary/aromatic N) is 1. The molecule has 24 heavy (non-hydrogen) atoms. The number of methoxy groups -OCH3 is 2. The molecule has 0 bridgehead atoms. The van der Waals surface area contributed by atoms with Crippen molar-refractivity contribution in [3.63, 3.8) is 0 Å². The fourth-order valence-corrected chi connectivity index (χ4v) is 2.37. The lowest BCUT2D eigenvalue weighted by Gasteiger charge is -2.28. The summed E-state index contributed by atoms with van der Waals surface area (Å²) in [5.74, 6) is 1.72. The number of guanidine groups is 1. The molecule has 0 fully saturated rings. The van der Waals surface area contributed by atoms with Gasteiger partial charge in [-0.15, -0.1) is 0 Å². The lowest BCUT2D eigenvalue weighted by Crippen LogP contribution is -2.40. The Hall–Kier alpha value is -1.75. The fraction of sp³-hybridized carbons (Fsp3) is 0.632. The van der Waals surface area contributed by atoms with Crippen LogP contribution in [-0.2, 0) is 11.2 Å². The highest BCUT2D eigenvalue weighted by atomic mass is 16.5. The Labute approximate surface area is 146 Å². The van der Waals surface area contributed by atoms with E-state index in [2.05, 4.69) is 55.5 Å². The van der Waals surface area contributed by atoms with Crippen molar-refractivity contribution < 1.29 is 9.47 Å². The second-order valence-electron chi connectivity index (χ2n) is 6.84. The van der Waals surface area contributed by atoms with E-state index in [1.54, 1.807) is 14.2 Å². The molecular formula is C19H33N3O2. The zero-order valence-electron chi connectivity index (χ0n) is 16.0.